The quantitative estimate of drug-likeness (QED) is 0.490. The van der Waals surface area contributed by atoms with E-state index in [1.165, 1.54) is 13.1 Å². The van der Waals surface area contributed by atoms with Crippen LogP contribution < -0.4 is 21.7 Å². The molecule has 0 radical (unpaired) electrons. The van der Waals surface area contributed by atoms with Crippen LogP contribution in [0.15, 0.2) is 60.8 Å². The molecule has 5 N–H and O–H groups in total. The fourth-order valence-electron chi connectivity index (χ4n) is 2.77. The van der Waals surface area contributed by atoms with Crippen LogP contribution >= 0.6 is 0 Å². The molecular weight excluding hydrogens is 368 g/mol. The van der Waals surface area contributed by atoms with Gasteiger partial charge in [-0.1, -0.05) is 36.4 Å². The van der Waals surface area contributed by atoms with Gasteiger partial charge in [-0.15, -0.1) is 0 Å². The van der Waals surface area contributed by atoms with Gasteiger partial charge in [-0.05, 0) is 30.7 Å². The number of benzene rings is 2. The molecule has 29 heavy (non-hydrogen) atoms. The average molecular weight is 390 g/mol. The van der Waals surface area contributed by atoms with E-state index in [1.807, 2.05) is 43.3 Å². The first-order chi connectivity index (χ1) is 13.9. The van der Waals surface area contributed by atoms with Gasteiger partial charge in [-0.2, -0.15) is 4.98 Å². The number of nitrogens with zero attached hydrogens (tertiary/aromatic N) is 2. The van der Waals surface area contributed by atoms with Crippen LogP contribution in [0, 0.1) is 0 Å². The van der Waals surface area contributed by atoms with E-state index in [4.69, 9.17) is 5.73 Å². The molecule has 2 aromatic carbocycles. The molecule has 8 nitrogen and oxygen atoms in total. The number of nitrogens with one attached hydrogen (secondary N) is 3. The van der Waals surface area contributed by atoms with Crippen molar-refractivity contribution in [2.45, 2.75) is 19.9 Å². The molecule has 3 aromatic rings. The molecule has 0 bridgehead atoms. The van der Waals surface area contributed by atoms with Gasteiger partial charge in [0.2, 0.25) is 11.9 Å². The lowest BCUT2D eigenvalue weighted by Gasteiger charge is -2.17. The SMILES string of the molecule is CC(=O)Nc1cccc(Nc2ncc(C(N)=O)c(NC(C)c3ccccc3)n2)c1. The van der Waals surface area contributed by atoms with Crippen LogP contribution in [0.1, 0.15) is 35.8 Å². The number of carbonyl (C=O) groups is 2. The molecule has 1 heterocycles. The maximum absolute atomic E-state index is 11.8. The molecule has 2 amide bonds. The minimum atomic E-state index is -0.619. The predicted octanol–water partition coefficient (Wildman–Crippen LogP) is 3.45. The highest BCUT2D eigenvalue weighted by Gasteiger charge is 2.15. The van der Waals surface area contributed by atoms with Crippen molar-refractivity contribution >= 4 is 35.0 Å². The molecule has 1 aromatic heterocycles. The van der Waals surface area contributed by atoms with Gasteiger partial charge in [0, 0.05) is 30.5 Å². The summed E-state index contributed by atoms with van der Waals surface area (Å²) in [5.41, 5.74) is 8.05. The lowest BCUT2D eigenvalue weighted by molar-refractivity contribution is -0.114. The van der Waals surface area contributed by atoms with Crippen LogP contribution in [0.4, 0.5) is 23.1 Å². The van der Waals surface area contributed by atoms with Crippen LogP contribution in [0.2, 0.25) is 0 Å². The predicted molar refractivity (Wildman–Crippen MR) is 113 cm³/mol. The van der Waals surface area contributed by atoms with Crippen LogP contribution in [-0.2, 0) is 4.79 Å². The Hall–Kier alpha value is -3.94. The molecule has 0 saturated heterocycles. The van der Waals surface area contributed by atoms with Crippen molar-refractivity contribution in [2.24, 2.45) is 5.73 Å². The topological polar surface area (TPSA) is 122 Å². The van der Waals surface area contributed by atoms with Gasteiger partial charge in [0.15, 0.2) is 0 Å². The fourth-order valence-corrected chi connectivity index (χ4v) is 2.77. The summed E-state index contributed by atoms with van der Waals surface area (Å²) in [4.78, 5) is 31.6. The van der Waals surface area contributed by atoms with Gasteiger partial charge in [0.05, 0.1) is 5.56 Å². The zero-order valence-corrected chi connectivity index (χ0v) is 16.1. The van der Waals surface area contributed by atoms with Crippen molar-refractivity contribution in [2.75, 3.05) is 16.0 Å². The fraction of sp³-hybridized carbons (Fsp3) is 0.143. The number of amides is 2. The molecule has 8 heteroatoms. The van der Waals surface area contributed by atoms with Crippen LogP contribution in [0.25, 0.3) is 0 Å². The second-order valence-electron chi connectivity index (χ2n) is 6.48. The van der Waals surface area contributed by atoms with Crippen LogP contribution in [-0.4, -0.2) is 21.8 Å². The van der Waals surface area contributed by atoms with Gasteiger partial charge >= 0.3 is 0 Å². The van der Waals surface area contributed by atoms with Gasteiger partial charge in [-0.3, -0.25) is 9.59 Å². The number of aromatic nitrogens is 2. The first-order valence-corrected chi connectivity index (χ1v) is 9.05. The molecule has 0 aliphatic carbocycles. The van der Waals surface area contributed by atoms with Gasteiger partial charge in [-0.25, -0.2) is 4.98 Å². The van der Waals surface area contributed by atoms with E-state index in [9.17, 15) is 9.59 Å². The van der Waals surface area contributed by atoms with E-state index < -0.39 is 5.91 Å². The number of carbonyl (C=O) groups excluding carboxylic acids is 2. The standard InChI is InChI=1S/C21H22N6O2/c1-13(15-7-4-3-5-8-15)24-20-18(19(22)29)12-23-21(27-20)26-17-10-6-9-16(11-17)25-14(2)28/h3-13H,1-2H3,(H2,22,29)(H,25,28)(H2,23,24,26,27). The largest absolute Gasteiger partial charge is 0.365 e. The molecule has 0 aliphatic heterocycles. The summed E-state index contributed by atoms with van der Waals surface area (Å²) in [5, 5.41) is 9.01. The third-order valence-electron chi connectivity index (χ3n) is 4.15. The molecule has 1 atom stereocenters. The Morgan fingerprint density at radius 1 is 1.03 bits per heavy atom. The number of rotatable bonds is 7. The van der Waals surface area contributed by atoms with Crippen molar-refractivity contribution in [3.05, 3.63) is 71.9 Å². The third-order valence-corrected chi connectivity index (χ3v) is 4.15. The number of primary amides is 1. The molecule has 148 valence electrons. The summed E-state index contributed by atoms with van der Waals surface area (Å²) in [6.07, 6.45) is 1.38. The summed E-state index contributed by atoms with van der Waals surface area (Å²) in [6, 6.07) is 16.8. The number of hydrogen-bond donors (Lipinski definition) is 4. The second kappa shape index (κ2) is 8.83. The van der Waals surface area contributed by atoms with E-state index in [1.54, 1.807) is 18.2 Å². The van der Waals surface area contributed by atoms with E-state index in [0.29, 0.717) is 17.2 Å². The minimum Gasteiger partial charge on any atom is -0.365 e. The van der Waals surface area contributed by atoms with E-state index in [-0.39, 0.29) is 23.5 Å². The number of hydrogen-bond acceptors (Lipinski definition) is 6. The smallest absolute Gasteiger partial charge is 0.254 e. The second-order valence-corrected chi connectivity index (χ2v) is 6.48. The lowest BCUT2D eigenvalue weighted by atomic mass is 10.1. The van der Waals surface area contributed by atoms with Gasteiger partial charge in [0.1, 0.15) is 5.82 Å². The van der Waals surface area contributed by atoms with Crippen molar-refractivity contribution in [3.63, 3.8) is 0 Å². The molecule has 3 rings (SSSR count). The summed E-state index contributed by atoms with van der Waals surface area (Å²) in [6.45, 7) is 3.41. The van der Waals surface area contributed by atoms with E-state index in [2.05, 4.69) is 25.9 Å². The first kappa shape index (κ1) is 19.8. The Balaban J connectivity index is 1.85. The Morgan fingerprint density at radius 3 is 2.45 bits per heavy atom. The lowest BCUT2D eigenvalue weighted by Crippen LogP contribution is -2.18. The highest BCUT2D eigenvalue weighted by molar-refractivity contribution is 5.97. The highest BCUT2D eigenvalue weighted by Crippen LogP contribution is 2.23. The molecule has 0 aliphatic rings. The highest BCUT2D eigenvalue weighted by atomic mass is 16.1. The third kappa shape index (κ3) is 5.29. The monoisotopic (exact) mass is 390 g/mol. The van der Waals surface area contributed by atoms with E-state index >= 15 is 0 Å². The normalized spacial score (nSPS) is 11.4. The maximum Gasteiger partial charge on any atom is 0.254 e. The van der Waals surface area contributed by atoms with Crippen molar-refractivity contribution in [1.29, 1.82) is 0 Å². The van der Waals surface area contributed by atoms with Crippen LogP contribution in [0.5, 0.6) is 0 Å². The molecule has 0 fully saturated rings. The average Bonchev–Trinajstić information content (AvgIpc) is 2.68. The Kier molecular flexibility index (Phi) is 6.03. The minimum absolute atomic E-state index is 0.0971. The molecule has 0 spiro atoms. The van der Waals surface area contributed by atoms with Crippen molar-refractivity contribution < 1.29 is 9.59 Å². The zero-order chi connectivity index (χ0) is 20.8. The van der Waals surface area contributed by atoms with Crippen LogP contribution in [0.3, 0.4) is 0 Å². The number of nitrogens with two attached hydrogens (primary N) is 1. The summed E-state index contributed by atoms with van der Waals surface area (Å²) < 4.78 is 0. The Labute approximate surface area is 168 Å². The maximum atomic E-state index is 11.8. The van der Waals surface area contributed by atoms with Gasteiger partial charge in [0.25, 0.3) is 5.91 Å². The summed E-state index contributed by atoms with van der Waals surface area (Å²) in [5.74, 6) is -0.153. The number of anilines is 4. The van der Waals surface area contributed by atoms with Crippen molar-refractivity contribution in [1.82, 2.24) is 9.97 Å². The summed E-state index contributed by atoms with van der Waals surface area (Å²) >= 11 is 0. The zero-order valence-electron chi connectivity index (χ0n) is 16.1. The molecule has 0 saturated carbocycles. The van der Waals surface area contributed by atoms with E-state index in [0.717, 1.165) is 5.56 Å². The molecular formula is C21H22N6O2. The first-order valence-electron chi connectivity index (χ1n) is 9.05. The summed E-state index contributed by atoms with van der Waals surface area (Å²) in [7, 11) is 0. The Morgan fingerprint density at radius 2 is 1.76 bits per heavy atom. The van der Waals surface area contributed by atoms with Crippen molar-refractivity contribution in [3.8, 4) is 0 Å². The Bertz CT molecular complexity index is 1020. The van der Waals surface area contributed by atoms with Gasteiger partial charge < -0.3 is 21.7 Å². The molecule has 1 unspecified atom stereocenters.